The Labute approximate surface area is 370 Å². The van der Waals surface area contributed by atoms with Crippen molar-refractivity contribution in [3.05, 3.63) is 142 Å². The molecule has 0 aliphatic carbocycles. The van der Waals surface area contributed by atoms with E-state index >= 15 is 0 Å². The molecular formula is C55H53F6N3. The van der Waals surface area contributed by atoms with Gasteiger partial charge in [0.25, 0.3) is 0 Å². The third-order valence-electron chi connectivity index (χ3n) is 12.6. The van der Waals surface area contributed by atoms with Crippen LogP contribution < -0.4 is 0 Å². The highest BCUT2D eigenvalue weighted by Gasteiger charge is 2.38. The van der Waals surface area contributed by atoms with Gasteiger partial charge in [-0.15, -0.1) is 0 Å². The van der Waals surface area contributed by atoms with Crippen molar-refractivity contribution in [3.63, 3.8) is 0 Å². The second-order valence-electron chi connectivity index (χ2n) is 21.4. The van der Waals surface area contributed by atoms with Gasteiger partial charge in [0.1, 0.15) is 0 Å². The minimum absolute atomic E-state index is 0.109. The predicted molar refractivity (Wildman–Crippen MR) is 250 cm³/mol. The number of aromatic nitrogens is 2. The third kappa shape index (κ3) is 7.73. The monoisotopic (exact) mass is 869 g/mol. The van der Waals surface area contributed by atoms with Crippen LogP contribution >= 0.6 is 0 Å². The molecule has 0 saturated heterocycles. The van der Waals surface area contributed by atoms with Gasteiger partial charge in [0, 0.05) is 27.1 Å². The van der Waals surface area contributed by atoms with E-state index in [0.29, 0.717) is 22.1 Å². The van der Waals surface area contributed by atoms with Gasteiger partial charge in [-0.2, -0.15) is 31.6 Å². The topological polar surface area (TPSA) is 33.6 Å². The van der Waals surface area contributed by atoms with Crippen LogP contribution in [0.1, 0.15) is 122 Å². The number of rotatable bonds is 3. The van der Waals surface area contributed by atoms with Gasteiger partial charge >= 0.3 is 12.4 Å². The quantitative estimate of drug-likeness (QED) is 0.163. The molecule has 0 saturated carbocycles. The minimum Gasteiger partial charge on any atom is -0.308 e. The first-order valence-corrected chi connectivity index (χ1v) is 21.5. The van der Waals surface area contributed by atoms with Crippen molar-refractivity contribution in [2.45, 2.75) is 117 Å². The van der Waals surface area contributed by atoms with Crippen LogP contribution in [0.4, 0.5) is 26.3 Å². The molecular weight excluding hydrogens is 817 g/mol. The van der Waals surface area contributed by atoms with E-state index in [1.165, 1.54) is 0 Å². The zero-order valence-corrected chi connectivity index (χ0v) is 38.4. The van der Waals surface area contributed by atoms with Crippen LogP contribution in [0.3, 0.4) is 0 Å². The van der Waals surface area contributed by atoms with Crippen molar-refractivity contribution in [1.82, 2.24) is 9.13 Å². The van der Waals surface area contributed by atoms with Crippen molar-refractivity contribution in [3.8, 4) is 28.6 Å². The van der Waals surface area contributed by atoms with E-state index in [-0.39, 0.29) is 55.8 Å². The molecule has 0 amide bonds. The van der Waals surface area contributed by atoms with Crippen LogP contribution in [0.15, 0.2) is 103 Å². The Morgan fingerprint density at radius 2 is 0.656 bits per heavy atom. The molecule has 0 radical (unpaired) electrons. The molecule has 0 bridgehead atoms. The summed E-state index contributed by atoms with van der Waals surface area (Å²) in [6, 6.07) is 31.9. The van der Waals surface area contributed by atoms with Crippen molar-refractivity contribution in [2.75, 3.05) is 0 Å². The first-order chi connectivity index (χ1) is 29.5. The summed E-state index contributed by atoms with van der Waals surface area (Å²) in [4.78, 5) is 0. The maximum Gasteiger partial charge on any atom is 0.416 e. The van der Waals surface area contributed by atoms with Crippen molar-refractivity contribution >= 4 is 43.6 Å². The van der Waals surface area contributed by atoms with E-state index in [4.69, 9.17) is 0 Å². The van der Waals surface area contributed by atoms with E-state index in [1.807, 2.05) is 57.7 Å². The zero-order chi connectivity index (χ0) is 46.9. The number of benzene rings is 6. The number of hydrogen-bond acceptors (Lipinski definition) is 1. The van der Waals surface area contributed by atoms with Crippen molar-refractivity contribution < 1.29 is 26.3 Å². The van der Waals surface area contributed by atoms with Crippen LogP contribution in [0.5, 0.6) is 0 Å². The number of nitriles is 1. The molecule has 2 heterocycles. The van der Waals surface area contributed by atoms with Crippen molar-refractivity contribution in [2.24, 2.45) is 0 Å². The molecule has 0 atom stereocenters. The molecule has 330 valence electrons. The van der Waals surface area contributed by atoms with Gasteiger partial charge in [-0.3, -0.25) is 0 Å². The van der Waals surface area contributed by atoms with Gasteiger partial charge in [-0.25, -0.2) is 0 Å². The molecule has 9 heteroatoms. The lowest BCUT2D eigenvalue weighted by Crippen LogP contribution is -2.13. The lowest BCUT2D eigenvalue weighted by Gasteiger charge is -2.24. The molecule has 64 heavy (non-hydrogen) atoms. The zero-order valence-electron chi connectivity index (χ0n) is 38.4. The Morgan fingerprint density at radius 3 is 0.891 bits per heavy atom. The summed E-state index contributed by atoms with van der Waals surface area (Å²) in [7, 11) is 0. The number of nitrogens with zero attached hydrogens (tertiary/aromatic N) is 3. The average molecular weight is 870 g/mol. The summed E-state index contributed by atoms with van der Waals surface area (Å²) >= 11 is 0. The summed E-state index contributed by atoms with van der Waals surface area (Å²) in [5, 5.41) is 14.3. The average Bonchev–Trinajstić information content (AvgIpc) is 3.69. The Kier molecular flexibility index (Phi) is 10.1. The molecule has 0 N–H and O–H groups in total. The largest absolute Gasteiger partial charge is 0.416 e. The maximum atomic E-state index is 15.0. The van der Waals surface area contributed by atoms with Crippen LogP contribution in [0, 0.1) is 11.3 Å². The summed E-state index contributed by atoms with van der Waals surface area (Å²) < 4.78 is 93.6. The Bertz CT molecular complexity index is 2880. The fourth-order valence-corrected chi connectivity index (χ4v) is 8.85. The van der Waals surface area contributed by atoms with Crippen LogP contribution in [0.2, 0.25) is 0 Å². The maximum absolute atomic E-state index is 15.0. The van der Waals surface area contributed by atoms with Crippen LogP contribution in [-0.4, -0.2) is 9.13 Å². The molecule has 8 aromatic rings. The van der Waals surface area contributed by atoms with E-state index in [9.17, 15) is 31.6 Å². The van der Waals surface area contributed by atoms with E-state index in [2.05, 4.69) is 113 Å². The molecule has 0 aliphatic heterocycles. The van der Waals surface area contributed by atoms with Gasteiger partial charge in [-0.1, -0.05) is 132 Å². The number of hydrogen-bond donors (Lipinski definition) is 0. The second-order valence-corrected chi connectivity index (χ2v) is 21.4. The molecule has 0 spiro atoms. The van der Waals surface area contributed by atoms with Crippen molar-refractivity contribution in [1.29, 1.82) is 5.26 Å². The molecule has 2 aromatic heterocycles. The molecule has 0 fully saturated rings. The summed E-state index contributed by atoms with van der Waals surface area (Å²) in [6.45, 7) is 25.0. The van der Waals surface area contributed by atoms with Crippen LogP contribution in [-0.2, 0) is 34.0 Å². The van der Waals surface area contributed by atoms with Gasteiger partial charge in [0.15, 0.2) is 0 Å². The van der Waals surface area contributed by atoms with E-state index in [1.54, 1.807) is 12.1 Å². The van der Waals surface area contributed by atoms with Gasteiger partial charge in [0.05, 0.1) is 56.2 Å². The summed E-state index contributed by atoms with van der Waals surface area (Å²) in [5.74, 6) is 0. The summed E-state index contributed by atoms with van der Waals surface area (Å²) in [5.41, 5.74) is 3.08. The molecule has 8 rings (SSSR count). The smallest absolute Gasteiger partial charge is 0.308 e. The first-order valence-electron chi connectivity index (χ1n) is 21.5. The second kappa shape index (κ2) is 14.5. The number of halogens is 6. The predicted octanol–water partition coefficient (Wildman–Crippen LogP) is 16.6. The van der Waals surface area contributed by atoms with Gasteiger partial charge in [0.2, 0.25) is 0 Å². The SMILES string of the molecule is CC(C)(C)c1ccc2c3ccc(C(C)(C)C)cc3n(-c3cc(C#N)cc(-n4c5cc(C(C)(C)C)ccc5c5ccc(C(C)(C)C)cc54)c3-c3cc(C(F)(F)F)cc(C(F)(F)F)c3)c2c1. The van der Waals surface area contributed by atoms with E-state index in [0.717, 1.165) is 55.9 Å². The molecule has 3 nitrogen and oxygen atoms in total. The fourth-order valence-electron chi connectivity index (χ4n) is 8.85. The molecule has 0 unspecified atom stereocenters. The van der Waals surface area contributed by atoms with E-state index < -0.39 is 23.5 Å². The number of fused-ring (bicyclic) bond motifs is 6. The Balaban J connectivity index is 1.69. The van der Waals surface area contributed by atoms with Crippen LogP contribution in [0.25, 0.3) is 66.1 Å². The Hall–Kier alpha value is -6.01. The standard InChI is InChI=1S/C55H53F6N3/c1-50(2,3)33-13-17-39-40-18-14-34(51(4,5)6)27-44(40)63(43(39)26-33)47-21-31(30-62)22-48(49(47)32-23-37(54(56,57)58)25-38(24-32)55(59,60)61)64-45-28-35(52(7,8)9)15-19-41(45)42-20-16-36(29-46(42)64)53(10,11)12/h13-29H,1-12H3. The molecule has 6 aromatic carbocycles. The summed E-state index contributed by atoms with van der Waals surface area (Å²) in [6.07, 6.45) is -10.2. The van der Waals surface area contributed by atoms with Gasteiger partial charge < -0.3 is 9.13 Å². The highest BCUT2D eigenvalue weighted by Crippen LogP contribution is 2.47. The fraction of sp³-hybridized carbons (Fsp3) is 0.327. The highest BCUT2D eigenvalue weighted by molar-refractivity contribution is 6.12. The lowest BCUT2D eigenvalue weighted by molar-refractivity contribution is -0.143. The molecule has 0 aliphatic rings. The highest BCUT2D eigenvalue weighted by atomic mass is 19.4. The third-order valence-corrected chi connectivity index (χ3v) is 12.6. The number of alkyl halides is 6. The van der Waals surface area contributed by atoms with Gasteiger partial charge in [-0.05, 0) is 104 Å². The first kappa shape index (κ1) is 44.6. The minimum atomic E-state index is -5.12. The Morgan fingerprint density at radius 1 is 0.375 bits per heavy atom. The lowest BCUT2D eigenvalue weighted by atomic mass is 9.86. The normalized spacial score (nSPS) is 13.5.